The number of benzene rings is 3. The third kappa shape index (κ3) is 3.16. The molecule has 4 aliphatic rings. The molecule has 38 heavy (non-hydrogen) atoms. The second-order valence-electron chi connectivity index (χ2n) is 10.3. The smallest absolute Gasteiger partial charge is 0.410 e. The molecule has 3 amide bonds. The first kappa shape index (κ1) is 22.7. The number of carbonyl (C=O) groups is 4. The highest BCUT2D eigenvalue weighted by Crippen LogP contribution is 2.55. The number of ether oxygens (including phenoxy) is 1. The molecule has 0 unspecified atom stereocenters. The first-order valence-electron chi connectivity index (χ1n) is 12.8. The predicted octanol–water partition coefficient (Wildman–Crippen LogP) is 4.54. The molecule has 2 aliphatic heterocycles. The van der Waals surface area contributed by atoms with Crippen LogP contribution in [0.15, 0.2) is 72.8 Å². The van der Waals surface area contributed by atoms with Gasteiger partial charge in [-0.25, -0.2) is 9.59 Å². The van der Waals surface area contributed by atoms with Crippen molar-refractivity contribution in [3.63, 3.8) is 0 Å². The van der Waals surface area contributed by atoms with Crippen LogP contribution in [0.25, 0.3) is 11.1 Å². The molecule has 7 rings (SSSR count). The van der Waals surface area contributed by atoms with E-state index in [1.807, 2.05) is 36.4 Å². The minimum atomic E-state index is -1.23. The number of hydroxylamine groups is 2. The number of likely N-dealkylation sites (tertiary alicyclic amines) is 1. The summed E-state index contributed by atoms with van der Waals surface area (Å²) in [7, 11) is 0. The van der Waals surface area contributed by atoms with Crippen LogP contribution in [0, 0.1) is 5.92 Å². The minimum absolute atomic E-state index is 0.0978. The Balaban J connectivity index is 1.09. The van der Waals surface area contributed by atoms with Crippen molar-refractivity contribution >= 4 is 23.9 Å². The van der Waals surface area contributed by atoms with Crippen molar-refractivity contribution in [2.45, 2.75) is 30.7 Å². The van der Waals surface area contributed by atoms with E-state index in [4.69, 9.17) is 9.57 Å². The van der Waals surface area contributed by atoms with E-state index in [0.717, 1.165) is 35.1 Å². The number of carbonyl (C=O) groups excluding carboxylic acids is 4. The van der Waals surface area contributed by atoms with Gasteiger partial charge in [-0.2, -0.15) is 0 Å². The van der Waals surface area contributed by atoms with Gasteiger partial charge >= 0.3 is 12.1 Å². The predicted molar refractivity (Wildman–Crippen MR) is 135 cm³/mol. The highest BCUT2D eigenvalue weighted by molar-refractivity contribution is 6.21. The van der Waals surface area contributed by atoms with Crippen molar-refractivity contribution in [2.75, 3.05) is 13.2 Å². The molecule has 8 heteroatoms. The number of hydrogen-bond acceptors (Lipinski definition) is 6. The molecular formula is C30H24N2O6. The quantitative estimate of drug-likeness (QED) is 0.481. The normalized spacial score (nSPS) is 22.9. The highest BCUT2D eigenvalue weighted by atomic mass is 16.7. The molecule has 2 heterocycles. The third-order valence-electron chi connectivity index (χ3n) is 8.33. The lowest BCUT2D eigenvalue weighted by molar-refractivity contribution is -0.177. The van der Waals surface area contributed by atoms with E-state index >= 15 is 0 Å². The van der Waals surface area contributed by atoms with Crippen LogP contribution in [0.4, 0.5) is 4.79 Å². The van der Waals surface area contributed by atoms with Gasteiger partial charge in [-0.05, 0) is 59.6 Å². The molecule has 0 N–H and O–H groups in total. The van der Waals surface area contributed by atoms with Gasteiger partial charge in [0.15, 0.2) is 0 Å². The Bertz CT molecular complexity index is 1450. The molecule has 0 radical (unpaired) electrons. The fourth-order valence-corrected chi connectivity index (χ4v) is 6.38. The Morgan fingerprint density at radius 2 is 1.37 bits per heavy atom. The lowest BCUT2D eigenvalue weighted by Crippen LogP contribution is -2.53. The fraction of sp³-hybridized carbons (Fsp3) is 0.267. The third-order valence-corrected chi connectivity index (χ3v) is 8.33. The standard InChI is InChI=1S/C30H24N2O6/c33-26-23-13-5-6-14-24(23)27(34)32(26)38-28(35)30-16-18(30)8-7-15-31(30)29(36)37-17-25-21-11-3-1-9-19(21)20-10-2-4-12-22(20)25/h1-6,9-14,18,25H,7-8,15-17H2/t18-,30+/m0/s1. The van der Waals surface area contributed by atoms with Crippen LogP contribution in [-0.4, -0.2) is 52.5 Å². The van der Waals surface area contributed by atoms with Crippen LogP contribution in [-0.2, 0) is 14.4 Å². The summed E-state index contributed by atoms with van der Waals surface area (Å²) in [6, 6.07) is 22.5. The zero-order valence-electron chi connectivity index (χ0n) is 20.5. The Morgan fingerprint density at radius 1 is 0.816 bits per heavy atom. The first-order chi connectivity index (χ1) is 18.5. The molecule has 0 aromatic heterocycles. The van der Waals surface area contributed by atoms with Crippen molar-refractivity contribution in [2.24, 2.45) is 5.92 Å². The number of hydrogen-bond donors (Lipinski definition) is 0. The molecule has 2 fully saturated rings. The topological polar surface area (TPSA) is 93.2 Å². The van der Waals surface area contributed by atoms with E-state index < -0.39 is 29.4 Å². The monoisotopic (exact) mass is 508 g/mol. The van der Waals surface area contributed by atoms with Crippen LogP contribution < -0.4 is 0 Å². The zero-order valence-corrected chi connectivity index (χ0v) is 20.5. The Labute approximate surface area is 218 Å². The van der Waals surface area contributed by atoms with Gasteiger partial charge in [0, 0.05) is 12.5 Å². The second kappa shape index (κ2) is 8.28. The molecule has 8 nitrogen and oxygen atoms in total. The van der Waals surface area contributed by atoms with E-state index in [9.17, 15) is 19.2 Å². The van der Waals surface area contributed by atoms with Gasteiger partial charge in [0.2, 0.25) is 0 Å². The summed E-state index contributed by atoms with van der Waals surface area (Å²) < 4.78 is 5.85. The number of nitrogens with zero attached hydrogens (tertiary/aromatic N) is 2. The van der Waals surface area contributed by atoms with E-state index in [2.05, 4.69) is 12.1 Å². The van der Waals surface area contributed by atoms with E-state index in [1.54, 1.807) is 12.1 Å². The van der Waals surface area contributed by atoms with E-state index in [0.29, 0.717) is 18.0 Å². The van der Waals surface area contributed by atoms with Crippen molar-refractivity contribution in [3.8, 4) is 11.1 Å². The van der Waals surface area contributed by atoms with Crippen LogP contribution in [0.5, 0.6) is 0 Å². The van der Waals surface area contributed by atoms with Gasteiger partial charge < -0.3 is 9.57 Å². The lowest BCUT2D eigenvalue weighted by atomic mass is 9.98. The zero-order chi connectivity index (χ0) is 26.0. The average Bonchev–Trinajstić information content (AvgIpc) is 3.57. The Kier molecular flexibility index (Phi) is 4.95. The van der Waals surface area contributed by atoms with Crippen LogP contribution in [0.1, 0.15) is 57.0 Å². The number of rotatable bonds is 4. The molecule has 2 atom stereocenters. The first-order valence-corrected chi connectivity index (χ1v) is 12.8. The molecule has 1 saturated carbocycles. The molecule has 190 valence electrons. The molecule has 1 saturated heterocycles. The van der Waals surface area contributed by atoms with Crippen molar-refractivity contribution in [1.29, 1.82) is 0 Å². The molecular weight excluding hydrogens is 484 g/mol. The van der Waals surface area contributed by atoms with Crippen molar-refractivity contribution in [1.82, 2.24) is 9.96 Å². The van der Waals surface area contributed by atoms with Crippen LogP contribution in [0.2, 0.25) is 0 Å². The summed E-state index contributed by atoms with van der Waals surface area (Å²) in [5.74, 6) is -2.34. The number of amides is 3. The molecule has 3 aromatic rings. The van der Waals surface area contributed by atoms with E-state index in [1.165, 1.54) is 17.0 Å². The second-order valence-corrected chi connectivity index (χ2v) is 10.3. The Hall–Kier alpha value is -4.46. The molecule has 0 bridgehead atoms. The highest BCUT2D eigenvalue weighted by Gasteiger charge is 2.69. The number of piperidine rings is 1. The lowest BCUT2D eigenvalue weighted by Gasteiger charge is -2.34. The van der Waals surface area contributed by atoms with Gasteiger partial charge in [0.25, 0.3) is 11.8 Å². The summed E-state index contributed by atoms with van der Waals surface area (Å²) in [6.45, 7) is 0.474. The van der Waals surface area contributed by atoms with Crippen molar-refractivity contribution < 1.29 is 28.8 Å². The van der Waals surface area contributed by atoms with Crippen molar-refractivity contribution in [3.05, 3.63) is 95.1 Å². The fourth-order valence-electron chi connectivity index (χ4n) is 6.38. The summed E-state index contributed by atoms with van der Waals surface area (Å²) >= 11 is 0. The van der Waals surface area contributed by atoms with E-state index in [-0.39, 0.29) is 29.6 Å². The minimum Gasteiger partial charge on any atom is -0.448 e. The average molecular weight is 509 g/mol. The molecule has 2 aliphatic carbocycles. The van der Waals surface area contributed by atoms with Gasteiger partial charge in [-0.15, -0.1) is 0 Å². The van der Waals surface area contributed by atoms with Crippen LogP contribution in [0.3, 0.4) is 0 Å². The van der Waals surface area contributed by atoms with Crippen LogP contribution >= 0.6 is 0 Å². The SMILES string of the molecule is O=C1c2ccccc2C(=O)N1OC(=O)[C@@]12C[C@@H]1CCCN2C(=O)OCC1c2ccccc2-c2ccccc21. The van der Waals surface area contributed by atoms with Gasteiger partial charge in [-0.1, -0.05) is 65.7 Å². The summed E-state index contributed by atoms with van der Waals surface area (Å²) in [4.78, 5) is 59.2. The molecule has 0 spiro atoms. The summed E-state index contributed by atoms with van der Waals surface area (Å²) in [6.07, 6.45) is 1.31. The maximum Gasteiger partial charge on any atom is 0.410 e. The maximum atomic E-state index is 13.4. The number of imide groups is 1. The van der Waals surface area contributed by atoms with Gasteiger partial charge in [0.05, 0.1) is 11.1 Å². The largest absolute Gasteiger partial charge is 0.448 e. The summed E-state index contributed by atoms with van der Waals surface area (Å²) in [5.41, 5.74) is 3.61. The molecule has 3 aromatic carbocycles. The maximum absolute atomic E-state index is 13.4. The van der Waals surface area contributed by atoms with Gasteiger partial charge in [0.1, 0.15) is 12.1 Å². The summed E-state index contributed by atoms with van der Waals surface area (Å²) in [5, 5.41) is 0.516. The number of fused-ring (bicyclic) bond motifs is 5. The Morgan fingerprint density at radius 3 is 1.97 bits per heavy atom. The van der Waals surface area contributed by atoms with Gasteiger partial charge in [-0.3, -0.25) is 14.5 Å².